The third-order valence-corrected chi connectivity index (χ3v) is 5.58. The normalized spacial score (nSPS) is 23.2. The van der Waals surface area contributed by atoms with Crippen LogP contribution >= 0.6 is 0 Å². The Bertz CT molecular complexity index is 717. The molecule has 1 unspecified atom stereocenters. The van der Waals surface area contributed by atoms with E-state index in [2.05, 4.69) is 17.1 Å². The average molecular weight is 312 g/mol. The second-order valence-corrected chi connectivity index (χ2v) is 7.14. The molecule has 122 valence electrons. The van der Waals surface area contributed by atoms with Gasteiger partial charge in [0, 0.05) is 42.5 Å². The molecule has 0 bridgehead atoms. The minimum atomic E-state index is -0.463. The predicted molar refractivity (Wildman–Crippen MR) is 90.1 cm³/mol. The number of aryl methyl sites for hydroxylation is 1. The summed E-state index contributed by atoms with van der Waals surface area (Å²) in [4.78, 5) is 17.8. The van der Waals surface area contributed by atoms with Crippen molar-refractivity contribution in [1.29, 1.82) is 0 Å². The van der Waals surface area contributed by atoms with Gasteiger partial charge in [0.05, 0.1) is 5.60 Å². The van der Waals surface area contributed by atoms with Gasteiger partial charge in [-0.1, -0.05) is 18.2 Å². The van der Waals surface area contributed by atoms with Crippen LogP contribution in [0.5, 0.6) is 0 Å². The van der Waals surface area contributed by atoms with Gasteiger partial charge in [0.2, 0.25) is 5.91 Å². The van der Waals surface area contributed by atoms with Crippen molar-refractivity contribution in [2.24, 2.45) is 5.92 Å². The van der Waals surface area contributed by atoms with Gasteiger partial charge in [0.15, 0.2) is 0 Å². The van der Waals surface area contributed by atoms with Gasteiger partial charge in [-0.25, -0.2) is 0 Å². The second kappa shape index (κ2) is 5.68. The summed E-state index contributed by atoms with van der Waals surface area (Å²) < 4.78 is 0. The Hall–Kier alpha value is -1.81. The van der Waals surface area contributed by atoms with Crippen LogP contribution in [0.3, 0.4) is 0 Å². The summed E-state index contributed by atoms with van der Waals surface area (Å²) in [6.45, 7) is 1.59. The van der Waals surface area contributed by atoms with Crippen molar-refractivity contribution in [1.82, 2.24) is 9.88 Å². The van der Waals surface area contributed by atoms with Gasteiger partial charge in [-0.3, -0.25) is 4.79 Å². The lowest BCUT2D eigenvalue weighted by Crippen LogP contribution is -2.44. The minimum Gasteiger partial charge on any atom is -0.390 e. The van der Waals surface area contributed by atoms with E-state index in [0.717, 1.165) is 50.7 Å². The highest BCUT2D eigenvalue weighted by Gasteiger charge is 2.48. The number of hydrogen-bond donors (Lipinski definition) is 2. The van der Waals surface area contributed by atoms with E-state index in [1.165, 1.54) is 10.9 Å². The number of H-pyrrole nitrogens is 1. The van der Waals surface area contributed by atoms with Gasteiger partial charge < -0.3 is 15.0 Å². The van der Waals surface area contributed by atoms with Gasteiger partial charge >= 0.3 is 0 Å². The summed E-state index contributed by atoms with van der Waals surface area (Å²) in [5.74, 6) is 0.512. The van der Waals surface area contributed by atoms with Gasteiger partial charge in [-0.2, -0.15) is 0 Å². The molecule has 2 fully saturated rings. The molecule has 1 aliphatic heterocycles. The molecule has 0 spiro atoms. The van der Waals surface area contributed by atoms with E-state index in [0.29, 0.717) is 6.42 Å². The molecule has 4 nitrogen and oxygen atoms in total. The molecule has 0 radical (unpaired) electrons. The van der Waals surface area contributed by atoms with Crippen LogP contribution in [-0.4, -0.2) is 39.6 Å². The topological polar surface area (TPSA) is 56.3 Å². The molecule has 1 aromatic carbocycles. The standard InChI is InChI=1S/C19H24N2O2/c22-18(21-11-3-4-15(13-21)19(23)9-10-19)8-7-14-12-20-17-6-2-1-5-16(14)17/h1-2,5-6,12,15,20,23H,3-4,7-11,13H2. The number of nitrogens with zero attached hydrogens (tertiary/aromatic N) is 1. The van der Waals surface area contributed by atoms with Gasteiger partial charge in [-0.05, 0) is 43.7 Å². The fourth-order valence-corrected chi connectivity index (χ4v) is 3.92. The predicted octanol–water partition coefficient (Wildman–Crippen LogP) is 2.86. The highest BCUT2D eigenvalue weighted by atomic mass is 16.3. The summed E-state index contributed by atoms with van der Waals surface area (Å²) in [6.07, 6.45) is 7.24. The fraction of sp³-hybridized carbons (Fsp3) is 0.526. The number of aromatic amines is 1. The number of carbonyl (C=O) groups is 1. The molecule has 1 atom stereocenters. The minimum absolute atomic E-state index is 0.226. The van der Waals surface area contributed by atoms with Gasteiger partial charge in [-0.15, -0.1) is 0 Å². The largest absolute Gasteiger partial charge is 0.390 e. The van der Waals surface area contributed by atoms with Crippen LogP contribution in [0.1, 0.15) is 37.7 Å². The zero-order chi connectivity index (χ0) is 15.9. The molecule has 1 aromatic heterocycles. The van der Waals surface area contributed by atoms with Gasteiger partial charge in [0.25, 0.3) is 0 Å². The van der Waals surface area contributed by atoms with E-state index in [-0.39, 0.29) is 11.8 Å². The van der Waals surface area contributed by atoms with Crippen molar-refractivity contribution in [3.05, 3.63) is 36.0 Å². The molecule has 2 heterocycles. The zero-order valence-electron chi connectivity index (χ0n) is 13.4. The molecule has 1 saturated heterocycles. The first kappa shape index (κ1) is 14.8. The van der Waals surface area contributed by atoms with Crippen LogP contribution in [0.4, 0.5) is 0 Å². The van der Waals surface area contributed by atoms with Crippen molar-refractivity contribution in [3.63, 3.8) is 0 Å². The Morgan fingerprint density at radius 3 is 3.00 bits per heavy atom. The lowest BCUT2D eigenvalue weighted by Gasteiger charge is -2.35. The molecule has 2 aromatic rings. The molecule has 1 amide bonds. The van der Waals surface area contributed by atoms with Crippen LogP contribution in [0.2, 0.25) is 0 Å². The van der Waals surface area contributed by atoms with E-state index in [4.69, 9.17) is 0 Å². The first-order valence-electron chi connectivity index (χ1n) is 8.71. The number of fused-ring (bicyclic) bond motifs is 1. The van der Waals surface area contributed by atoms with E-state index >= 15 is 0 Å². The monoisotopic (exact) mass is 312 g/mol. The smallest absolute Gasteiger partial charge is 0.222 e. The molecule has 4 heteroatoms. The summed E-state index contributed by atoms with van der Waals surface area (Å²) in [6, 6.07) is 8.22. The highest BCUT2D eigenvalue weighted by molar-refractivity contribution is 5.84. The average Bonchev–Trinajstić information content (AvgIpc) is 3.21. The third-order valence-electron chi connectivity index (χ3n) is 5.58. The number of carbonyl (C=O) groups excluding carboxylic acids is 1. The van der Waals surface area contributed by atoms with Crippen LogP contribution in [-0.2, 0) is 11.2 Å². The number of benzene rings is 1. The summed E-state index contributed by atoms with van der Waals surface area (Å²) in [5, 5.41) is 11.5. The Balaban J connectivity index is 1.38. The molecule has 4 rings (SSSR count). The molecule has 23 heavy (non-hydrogen) atoms. The van der Waals surface area contributed by atoms with E-state index in [1.54, 1.807) is 0 Å². The molecule has 2 aliphatic rings. The maximum atomic E-state index is 12.6. The maximum Gasteiger partial charge on any atom is 0.222 e. The Morgan fingerprint density at radius 1 is 1.35 bits per heavy atom. The van der Waals surface area contributed by atoms with Crippen molar-refractivity contribution in [2.45, 2.75) is 44.1 Å². The maximum absolute atomic E-state index is 12.6. The summed E-state index contributed by atoms with van der Waals surface area (Å²) in [5.41, 5.74) is 1.88. The molecular formula is C19H24N2O2. The summed E-state index contributed by atoms with van der Waals surface area (Å²) in [7, 11) is 0. The number of aliphatic hydroxyl groups is 1. The van der Waals surface area contributed by atoms with E-state index < -0.39 is 5.60 Å². The second-order valence-electron chi connectivity index (χ2n) is 7.14. The Kier molecular flexibility index (Phi) is 3.64. The number of nitrogens with one attached hydrogen (secondary N) is 1. The first-order chi connectivity index (χ1) is 11.2. The number of likely N-dealkylation sites (tertiary alicyclic amines) is 1. The van der Waals surface area contributed by atoms with Crippen molar-refractivity contribution in [2.75, 3.05) is 13.1 Å². The number of piperidine rings is 1. The number of hydrogen-bond acceptors (Lipinski definition) is 2. The van der Waals surface area contributed by atoms with Crippen LogP contribution < -0.4 is 0 Å². The third kappa shape index (κ3) is 2.88. The fourth-order valence-electron chi connectivity index (χ4n) is 3.92. The quantitative estimate of drug-likeness (QED) is 0.912. The Morgan fingerprint density at radius 2 is 2.17 bits per heavy atom. The molecule has 2 N–H and O–H groups in total. The molecule has 1 aliphatic carbocycles. The first-order valence-corrected chi connectivity index (χ1v) is 8.71. The number of aromatic nitrogens is 1. The van der Waals surface area contributed by atoms with Crippen molar-refractivity contribution < 1.29 is 9.90 Å². The molecule has 1 saturated carbocycles. The Labute approximate surface area is 136 Å². The van der Waals surface area contributed by atoms with Gasteiger partial charge in [0.1, 0.15) is 0 Å². The number of rotatable bonds is 4. The number of para-hydroxylation sites is 1. The molecular weight excluding hydrogens is 288 g/mol. The SMILES string of the molecule is O=C(CCc1c[nH]c2ccccc12)N1CCCC(C2(O)CC2)C1. The van der Waals surface area contributed by atoms with E-state index in [1.807, 2.05) is 23.2 Å². The number of amides is 1. The van der Waals surface area contributed by atoms with Crippen LogP contribution in [0.25, 0.3) is 10.9 Å². The summed E-state index contributed by atoms with van der Waals surface area (Å²) >= 11 is 0. The van der Waals surface area contributed by atoms with E-state index in [9.17, 15) is 9.90 Å². The lowest BCUT2D eigenvalue weighted by molar-refractivity contribution is -0.134. The van der Waals surface area contributed by atoms with Crippen molar-refractivity contribution in [3.8, 4) is 0 Å². The van der Waals surface area contributed by atoms with Crippen LogP contribution in [0, 0.1) is 5.92 Å². The van der Waals surface area contributed by atoms with Crippen LogP contribution in [0.15, 0.2) is 30.5 Å². The van der Waals surface area contributed by atoms with Crippen molar-refractivity contribution >= 4 is 16.8 Å². The highest BCUT2D eigenvalue weighted by Crippen LogP contribution is 2.45. The lowest BCUT2D eigenvalue weighted by atomic mass is 9.90. The zero-order valence-corrected chi connectivity index (χ0v) is 13.4.